The third-order valence-electron chi connectivity index (χ3n) is 3.64. The maximum Gasteiger partial charge on any atom is 0.256 e. The molecule has 0 fully saturated rings. The minimum atomic E-state index is -0.101. The van der Waals surface area contributed by atoms with Crippen molar-refractivity contribution in [1.29, 1.82) is 0 Å². The lowest BCUT2D eigenvalue weighted by Crippen LogP contribution is -2.10. The van der Waals surface area contributed by atoms with Crippen LogP contribution >= 0.6 is 22.7 Å². The summed E-state index contributed by atoms with van der Waals surface area (Å²) in [7, 11) is 0. The highest BCUT2D eigenvalue weighted by molar-refractivity contribution is 7.14. The van der Waals surface area contributed by atoms with Crippen LogP contribution in [0.2, 0.25) is 0 Å². The van der Waals surface area contributed by atoms with Crippen LogP contribution in [-0.2, 0) is 0 Å². The molecule has 0 atom stereocenters. The van der Waals surface area contributed by atoms with Crippen LogP contribution in [0.25, 0.3) is 11.3 Å². The maximum atomic E-state index is 12.1. The third kappa shape index (κ3) is 3.79. The fraction of sp³-hybridized carbons (Fsp3) is 0. The number of nitrogens with one attached hydrogen (secondary N) is 2. The van der Waals surface area contributed by atoms with Gasteiger partial charge < -0.3 is 10.6 Å². The van der Waals surface area contributed by atoms with Crippen molar-refractivity contribution in [2.75, 3.05) is 10.6 Å². The van der Waals surface area contributed by atoms with E-state index >= 15 is 0 Å². The zero-order valence-electron chi connectivity index (χ0n) is 13.5. The van der Waals surface area contributed by atoms with Gasteiger partial charge in [0.05, 0.1) is 23.1 Å². The SMILES string of the molecule is O=C(Nc1ccc(-c2csc(Nc3cccnc3)n2)cc1)c1ccsc1. The predicted octanol–water partition coefficient (Wildman–Crippen LogP) is 5.26. The molecule has 3 heterocycles. The molecule has 0 spiro atoms. The minimum absolute atomic E-state index is 0.101. The highest BCUT2D eigenvalue weighted by Crippen LogP contribution is 2.27. The standard InChI is InChI=1S/C19H14N4OS2/c24-18(14-7-9-25-11-14)21-15-5-3-13(4-6-15)17-12-26-19(23-17)22-16-2-1-8-20-10-16/h1-12H,(H,21,24)(H,22,23). The van der Waals surface area contributed by atoms with Gasteiger partial charge in [-0.25, -0.2) is 4.98 Å². The number of benzene rings is 1. The Labute approximate surface area is 158 Å². The van der Waals surface area contributed by atoms with Crippen molar-refractivity contribution in [2.45, 2.75) is 0 Å². The van der Waals surface area contributed by atoms with Gasteiger partial charge in [0.15, 0.2) is 5.13 Å². The van der Waals surface area contributed by atoms with Gasteiger partial charge in [-0.05, 0) is 35.7 Å². The summed E-state index contributed by atoms with van der Waals surface area (Å²) in [5, 5.41) is 12.6. The van der Waals surface area contributed by atoms with Crippen LogP contribution in [-0.4, -0.2) is 15.9 Å². The molecule has 26 heavy (non-hydrogen) atoms. The highest BCUT2D eigenvalue weighted by atomic mass is 32.1. The van der Waals surface area contributed by atoms with E-state index < -0.39 is 0 Å². The largest absolute Gasteiger partial charge is 0.330 e. The van der Waals surface area contributed by atoms with Crippen LogP contribution in [0.3, 0.4) is 0 Å². The van der Waals surface area contributed by atoms with Crippen molar-refractivity contribution in [3.05, 3.63) is 76.6 Å². The lowest BCUT2D eigenvalue weighted by Gasteiger charge is -2.05. The number of hydrogen-bond acceptors (Lipinski definition) is 6. The second kappa shape index (κ2) is 7.47. The summed E-state index contributed by atoms with van der Waals surface area (Å²) < 4.78 is 0. The topological polar surface area (TPSA) is 66.9 Å². The zero-order chi connectivity index (χ0) is 17.8. The summed E-state index contributed by atoms with van der Waals surface area (Å²) in [4.78, 5) is 20.8. The lowest BCUT2D eigenvalue weighted by molar-refractivity contribution is 0.102. The zero-order valence-corrected chi connectivity index (χ0v) is 15.2. The first-order valence-corrected chi connectivity index (χ1v) is 9.67. The molecule has 3 aromatic heterocycles. The summed E-state index contributed by atoms with van der Waals surface area (Å²) >= 11 is 3.04. The molecule has 1 aromatic carbocycles. The summed E-state index contributed by atoms with van der Waals surface area (Å²) in [6.45, 7) is 0. The molecule has 0 saturated carbocycles. The molecule has 5 nitrogen and oxygen atoms in total. The first-order valence-electron chi connectivity index (χ1n) is 7.84. The molecule has 2 N–H and O–H groups in total. The Hall–Kier alpha value is -3.03. The van der Waals surface area contributed by atoms with E-state index in [4.69, 9.17) is 0 Å². The number of carbonyl (C=O) groups excluding carboxylic acids is 1. The molecule has 0 radical (unpaired) electrons. The molecular weight excluding hydrogens is 364 g/mol. The third-order valence-corrected chi connectivity index (χ3v) is 5.08. The summed E-state index contributed by atoms with van der Waals surface area (Å²) in [6.07, 6.45) is 3.49. The van der Waals surface area contributed by atoms with Gasteiger partial charge in [-0.2, -0.15) is 11.3 Å². The van der Waals surface area contributed by atoms with Gasteiger partial charge >= 0.3 is 0 Å². The van der Waals surface area contributed by atoms with Crippen LogP contribution < -0.4 is 10.6 Å². The summed E-state index contributed by atoms with van der Waals surface area (Å²) in [6, 6.07) is 13.3. The average molecular weight is 378 g/mol. The van der Waals surface area contributed by atoms with Gasteiger partial charge in [-0.15, -0.1) is 11.3 Å². The van der Waals surface area contributed by atoms with Crippen molar-refractivity contribution in [3.8, 4) is 11.3 Å². The van der Waals surface area contributed by atoms with E-state index in [0.717, 1.165) is 27.8 Å². The second-order valence-electron chi connectivity index (χ2n) is 5.45. The first kappa shape index (κ1) is 16.4. The summed E-state index contributed by atoms with van der Waals surface area (Å²) in [5.74, 6) is -0.101. The Balaban J connectivity index is 1.44. The number of carbonyl (C=O) groups is 1. The first-order chi connectivity index (χ1) is 12.8. The number of aromatic nitrogens is 2. The van der Waals surface area contributed by atoms with Crippen molar-refractivity contribution < 1.29 is 4.79 Å². The van der Waals surface area contributed by atoms with Gasteiger partial charge in [0.2, 0.25) is 0 Å². The number of pyridine rings is 1. The van der Waals surface area contributed by atoms with E-state index in [-0.39, 0.29) is 5.91 Å². The Morgan fingerprint density at radius 3 is 2.62 bits per heavy atom. The molecule has 7 heteroatoms. The van der Waals surface area contributed by atoms with Crippen molar-refractivity contribution in [3.63, 3.8) is 0 Å². The van der Waals surface area contributed by atoms with E-state index in [1.807, 2.05) is 52.5 Å². The van der Waals surface area contributed by atoms with Gasteiger partial charge in [-0.3, -0.25) is 9.78 Å². The number of amides is 1. The quantitative estimate of drug-likeness (QED) is 0.497. The molecule has 4 aromatic rings. The molecule has 1 amide bonds. The Morgan fingerprint density at radius 2 is 1.88 bits per heavy atom. The van der Waals surface area contributed by atoms with Crippen LogP contribution in [0.1, 0.15) is 10.4 Å². The van der Waals surface area contributed by atoms with E-state index in [9.17, 15) is 4.79 Å². The summed E-state index contributed by atoms with van der Waals surface area (Å²) in [5.41, 5.74) is 4.21. The van der Waals surface area contributed by atoms with Crippen LogP contribution in [0.4, 0.5) is 16.5 Å². The Bertz CT molecular complexity index is 996. The minimum Gasteiger partial charge on any atom is -0.330 e. The number of thiazole rings is 1. The van der Waals surface area contributed by atoms with Gasteiger partial charge in [-0.1, -0.05) is 12.1 Å². The molecule has 0 aliphatic rings. The maximum absolute atomic E-state index is 12.1. The Kier molecular flexibility index (Phi) is 4.72. The molecule has 0 saturated heterocycles. The molecule has 0 aliphatic carbocycles. The molecule has 0 bridgehead atoms. The normalized spacial score (nSPS) is 10.5. The number of nitrogens with zero attached hydrogens (tertiary/aromatic N) is 2. The van der Waals surface area contributed by atoms with Gasteiger partial charge in [0.1, 0.15) is 0 Å². The van der Waals surface area contributed by atoms with E-state index in [1.54, 1.807) is 18.5 Å². The van der Waals surface area contributed by atoms with Crippen molar-refractivity contribution >= 4 is 45.1 Å². The van der Waals surface area contributed by atoms with Crippen LogP contribution in [0, 0.1) is 0 Å². The molecular formula is C19H14N4OS2. The van der Waals surface area contributed by atoms with E-state index in [1.165, 1.54) is 22.7 Å². The highest BCUT2D eigenvalue weighted by Gasteiger charge is 2.08. The predicted molar refractivity (Wildman–Crippen MR) is 107 cm³/mol. The van der Waals surface area contributed by atoms with Gasteiger partial charge in [0.25, 0.3) is 5.91 Å². The number of thiophene rings is 1. The molecule has 0 aliphatic heterocycles. The molecule has 128 valence electrons. The molecule has 0 unspecified atom stereocenters. The van der Waals surface area contributed by atoms with Crippen molar-refractivity contribution in [1.82, 2.24) is 9.97 Å². The van der Waals surface area contributed by atoms with E-state index in [0.29, 0.717) is 5.56 Å². The van der Waals surface area contributed by atoms with E-state index in [2.05, 4.69) is 20.6 Å². The smallest absolute Gasteiger partial charge is 0.256 e. The fourth-order valence-electron chi connectivity index (χ4n) is 2.35. The molecule has 4 rings (SSSR count). The fourth-order valence-corrected chi connectivity index (χ4v) is 3.72. The monoisotopic (exact) mass is 378 g/mol. The van der Waals surface area contributed by atoms with Crippen molar-refractivity contribution in [2.24, 2.45) is 0 Å². The second-order valence-corrected chi connectivity index (χ2v) is 7.09. The number of anilines is 3. The van der Waals surface area contributed by atoms with Crippen LogP contribution in [0.5, 0.6) is 0 Å². The van der Waals surface area contributed by atoms with Gasteiger partial charge in [0, 0.05) is 28.2 Å². The number of hydrogen-bond donors (Lipinski definition) is 2. The average Bonchev–Trinajstić information content (AvgIpc) is 3.35. The Morgan fingerprint density at radius 1 is 1.00 bits per heavy atom. The number of rotatable bonds is 5. The lowest BCUT2D eigenvalue weighted by atomic mass is 10.1. The van der Waals surface area contributed by atoms with Crippen LogP contribution in [0.15, 0.2) is 71.0 Å².